The monoisotopic (exact) mass is 275 g/mol. The molecule has 2 rings (SSSR count). The molecule has 1 aliphatic rings. The van der Waals surface area contributed by atoms with Crippen molar-refractivity contribution >= 4 is 25.9 Å². The first-order chi connectivity index (χ1) is 9.17. The van der Waals surface area contributed by atoms with E-state index in [0.717, 1.165) is 46.3 Å². The average Bonchev–Trinajstić information content (AvgIpc) is 2.58. The van der Waals surface area contributed by atoms with Gasteiger partial charge in [-0.15, -0.1) is 0 Å². The third-order valence-electron chi connectivity index (χ3n) is 3.26. The van der Waals surface area contributed by atoms with Crippen LogP contribution in [0.15, 0.2) is 21.9 Å². The van der Waals surface area contributed by atoms with E-state index < -0.39 is 7.65 Å². The Balaban J connectivity index is 2.82. The summed E-state index contributed by atoms with van der Waals surface area (Å²) in [6.45, 7) is 6.23. The Labute approximate surface area is 114 Å². The Morgan fingerprint density at radius 1 is 1.37 bits per heavy atom. The fourth-order valence-corrected chi connectivity index (χ4v) is 3.48. The van der Waals surface area contributed by atoms with Crippen molar-refractivity contribution < 1.29 is 8.76 Å². The van der Waals surface area contributed by atoms with Gasteiger partial charge in [-0.3, -0.25) is 0 Å². The smallest absolute Gasteiger partial charge is 0.250 e. The minimum Gasteiger partial charge on any atom is -0.250 e. The molecule has 1 unspecified atom stereocenters. The van der Waals surface area contributed by atoms with Gasteiger partial charge < -0.3 is 0 Å². The van der Waals surface area contributed by atoms with Gasteiger partial charge >= 0.3 is 7.65 Å². The van der Waals surface area contributed by atoms with Gasteiger partial charge in [-0.05, 0) is 42.9 Å². The van der Waals surface area contributed by atoms with Crippen LogP contribution in [0.5, 0.6) is 0 Å². The first kappa shape index (κ1) is 14.0. The lowest BCUT2D eigenvalue weighted by molar-refractivity contribution is 0.540. The summed E-state index contributed by atoms with van der Waals surface area (Å²) in [5, 5.41) is 1.11. The van der Waals surface area contributed by atoms with Crippen LogP contribution < -0.4 is 10.2 Å². The molecule has 1 aliphatic carbocycles. The molecular weight excluding hydrogens is 255 g/mol. The van der Waals surface area contributed by atoms with Crippen molar-refractivity contribution in [2.45, 2.75) is 40.0 Å². The SMILES string of the molecule is CC/C=C\c1o[p+](=O)c2c(c1CC)=CCC=C(C)C=2. The molecule has 2 nitrogen and oxygen atoms in total. The van der Waals surface area contributed by atoms with Crippen molar-refractivity contribution in [3.05, 3.63) is 39.2 Å². The van der Waals surface area contributed by atoms with Gasteiger partial charge in [0, 0.05) is 10.8 Å². The molecule has 0 saturated heterocycles. The Bertz CT molecular complexity index is 705. The molecule has 0 saturated carbocycles. The Kier molecular flexibility index (Phi) is 4.55. The summed E-state index contributed by atoms with van der Waals surface area (Å²) in [6.07, 6.45) is 13.0. The molecule has 1 heterocycles. The number of hydrogen-bond donors (Lipinski definition) is 0. The number of rotatable bonds is 3. The van der Waals surface area contributed by atoms with Crippen LogP contribution in [-0.2, 0) is 11.0 Å². The molecule has 0 fully saturated rings. The van der Waals surface area contributed by atoms with Crippen LogP contribution in [0.3, 0.4) is 0 Å². The molecule has 1 atom stereocenters. The summed E-state index contributed by atoms with van der Waals surface area (Å²) in [7, 11) is -1.79. The zero-order chi connectivity index (χ0) is 13.8. The highest BCUT2D eigenvalue weighted by atomic mass is 31.1. The second kappa shape index (κ2) is 6.16. The molecule has 1 aromatic rings. The Morgan fingerprint density at radius 2 is 2.16 bits per heavy atom. The lowest BCUT2D eigenvalue weighted by atomic mass is 10.1. The third-order valence-corrected chi connectivity index (χ3v) is 4.39. The van der Waals surface area contributed by atoms with Gasteiger partial charge in [0.2, 0.25) is 4.95 Å². The molecule has 0 amide bonds. The molecule has 0 aliphatic heterocycles. The predicted octanol–water partition coefficient (Wildman–Crippen LogP) is 3.92. The topological polar surface area (TPSA) is 30.2 Å². The van der Waals surface area contributed by atoms with Gasteiger partial charge in [-0.25, -0.2) is 4.20 Å². The van der Waals surface area contributed by atoms with Crippen molar-refractivity contribution in [1.29, 1.82) is 0 Å². The van der Waals surface area contributed by atoms with Crippen LogP contribution in [-0.4, -0.2) is 0 Å². The van der Waals surface area contributed by atoms with E-state index in [9.17, 15) is 4.57 Å². The minimum absolute atomic E-state index is 0.772. The molecule has 0 radical (unpaired) electrons. The second-order valence-electron chi connectivity index (χ2n) is 4.69. The fraction of sp³-hybridized carbons (Fsp3) is 0.375. The van der Waals surface area contributed by atoms with Crippen LogP contribution >= 0.6 is 7.65 Å². The summed E-state index contributed by atoms with van der Waals surface area (Å²) in [4.78, 5) is 0.840. The number of hydrogen-bond acceptors (Lipinski definition) is 2. The Morgan fingerprint density at radius 3 is 2.84 bits per heavy atom. The maximum Gasteiger partial charge on any atom is 0.597 e. The van der Waals surface area contributed by atoms with Crippen molar-refractivity contribution in [3.8, 4) is 0 Å². The predicted molar refractivity (Wildman–Crippen MR) is 81.6 cm³/mol. The van der Waals surface area contributed by atoms with E-state index in [1.54, 1.807) is 0 Å². The first-order valence-electron chi connectivity index (χ1n) is 6.81. The van der Waals surface area contributed by atoms with Crippen molar-refractivity contribution in [3.63, 3.8) is 0 Å². The highest BCUT2D eigenvalue weighted by molar-refractivity contribution is 7.28. The van der Waals surface area contributed by atoms with Crippen molar-refractivity contribution in [2.75, 3.05) is 0 Å². The second-order valence-corrected chi connectivity index (χ2v) is 5.87. The average molecular weight is 275 g/mol. The van der Waals surface area contributed by atoms with Gasteiger partial charge in [-0.2, -0.15) is 0 Å². The van der Waals surface area contributed by atoms with Crippen molar-refractivity contribution in [1.82, 2.24) is 0 Å². The molecule has 0 spiro atoms. The van der Waals surface area contributed by atoms with E-state index in [-0.39, 0.29) is 0 Å². The van der Waals surface area contributed by atoms with E-state index in [1.807, 2.05) is 25.2 Å². The summed E-state index contributed by atoms with van der Waals surface area (Å²) in [5.41, 5.74) is 2.31. The maximum atomic E-state index is 12.3. The summed E-state index contributed by atoms with van der Waals surface area (Å²) >= 11 is 0. The van der Waals surface area contributed by atoms with Gasteiger partial charge in [0.05, 0.1) is 0 Å². The molecule has 19 heavy (non-hydrogen) atoms. The molecule has 0 aromatic carbocycles. The van der Waals surface area contributed by atoms with Crippen molar-refractivity contribution in [2.24, 2.45) is 0 Å². The van der Waals surface area contributed by atoms with E-state index in [1.165, 1.54) is 0 Å². The Hall–Kier alpha value is -1.40. The lowest BCUT2D eigenvalue weighted by Crippen LogP contribution is -2.27. The van der Waals surface area contributed by atoms with E-state index in [4.69, 9.17) is 4.20 Å². The molecule has 3 heteroatoms. The third kappa shape index (κ3) is 2.96. The highest BCUT2D eigenvalue weighted by Gasteiger charge is 2.17. The van der Waals surface area contributed by atoms with Crippen LogP contribution in [0.1, 0.15) is 44.9 Å². The zero-order valence-corrected chi connectivity index (χ0v) is 12.7. The van der Waals surface area contributed by atoms with Crippen LogP contribution in [0.25, 0.3) is 18.2 Å². The molecule has 0 bridgehead atoms. The molecule has 100 valence electrons. The van der Waals surface area contributed by atoms with Gasteiger partial charge in [-0.1, -0.05) is 37.6 Å². The van der Waals surface area contributed by atoms with E-state index >= 15 is 0 Å². The maximum absolute atomic E-state index is 12.3. The quantitative estimate of drug-likeness (QED) is 0.837. The standard InChI is InChI=1S/C16H20O2P/c1-4-6-10-15-13(5-2)14-9-7-8-12(3)11-16(14)19(17)18-15/h6,8-11H,4-5,7H2,1-3H3/q+1/b10-6-. The summed E-state index contributed by atoms with van der Waals surface area (Å²) in [5.74, 6) is 0.772. The van der Waals surface area contributed by atoms with Crippen LogP contribution in [0, 0.1) is 0 Å². The lowest BCUT2D eigenvalue weighted by Gasteiger charge is -1.98. The fourth-order valence-electron chi connectivity index (χ4n) is 2.30. The zero-order valence-electron chi connectivity index (χ0n) is 11.8. The van der Waals surface area contributed by atoms with Gasteiger partial charge in [0.15, 0.2) is 5.76 Å². The highest BCUT2D eigenvalue weighted by Crippen LogP contribution is 2.16. The largest absolute Gasteiger partial charge is 0.597 e. The molecule has 0 N–H and O–H groups in total. The van der Waals surface area contributed by atoms with E-state index in [2.05, 4.69) is 26.0 Å². The summed E-state index contributed by atoms with van der Waals surface area (Å²) < 4.78 is 17.9. The minimum atomic E-state index is -1.79. The first-order valence-corrected chi connectivity index (χ1v) is 7.99. The van der Waals surface area contributed by atoms with Crippen LogP contribution in [0.2, 0.25) is 0 Å². The summed E-state index contributed by atoms with van der Waals surface area (Å²) in [6, 6.07) is 0. The number of allylic oxidation sites excluding steroid dienone is 3. The van der Waals surface area contributed by atoms with E-state index in [0.29, 0.717) is 0 Å². The van der Waals surface area contributed by atoms with Gasteiger partial charge in [0.1, 0.15) is 0 Å². The number of fused-ring (bicyclic) bond motifs is 1. The normalized spacial score (nSPS) is 15.3. The van der Waals surface area contributed by atoms with Gasteiger partial charge in [0.25, 0.3) is 0 Å². The molecule has 1 aromatic heterocycles. The van der Waals surface area contributed by atoms with Crippen LogP contribution in [0.4, 0.5) is 0 Å². The molecular formula is C16H20O2P+.